The zero-order chi connectivity index (χ0) is 14.9. The van der Waals surface area contributed by atoms with Gasteiger partial charge in [0.05, 0.1) is 11.7 Å². The van der Waals surface area contributed by atoms with E-state index in [-0.39, 0.29) is 11.7 Å². The van der Waals surface area contributed by atoms with Gasteiger partial charge in [0, 0.05) is 18.2 Å². The van der Waals surface area contributed by atoms with E-state index >= 15 is 0 Å². The molecule has 0 radical (unpaired) electrons. The predicted molar refractivity (Wildman–Crippen MR) is 84.7 cm³/mol. The third-order valence-electron chi connectivity index (χ3n) is 4.42. The van der Waals surface area contributed by atoms with Crippen LogP contribution in [-0.4, -0.2) is 24.4 Å². The van der Waals surface area contributed by atoms with E-state index in [9.17, 15) is 0 Å². The first kappa shape index (κ1) is 14.9. The minimum Gasteiger partial charge on any atom is -0.490 e. The highest BCUT2D eigenvalue weighted by atomic mass is 16.6. The summed E-state index contributed by atoms with van der Waals surface area (Å²) in [6.45, 7) is 8.00. The summed E-state index contributed by atoms with van der Waals surface area (Å²) in [5.41, 5.74) is 2.48. The molecule has 0 amide bonds. The molecule has 1 unspecified atom stereocenters. The van der Waals surface area contributed by atoms with E-state index < -0.39 is 0 Å². The molecule has 1 aliphatic carbocycles. The van der Waals surface area contributed by atoms with Crippen molar-refractivity contribution in [3.63, 3.8) is 0 Å². The van der Waals surface area contributed by atoms with Crippen LogP contribution >= 0.6 is 0 Å². The molecular weight excluding hydrogens is 262 g/mol. The molecule has 3 rings (SSSR count). The lowest BCUT2D eigenvalue weighted by Crippen LogP contribution is -2.24. The molecular formula is C18H27NO2. The minimum absolute atomic E-state index is 0.0100. The van der Waals surface area contributed by atoms with Crippen molar-refractivity contribution in [2.75, 3.05) is 6.61 Å². The summed E-state index contributed by atoms with van der Waals surface area (Å²) in [6.07, 6.45) is 5.06. The molecule has 1 N–H and O–H groups in total. The second-order valence-corrected chi connectivity index (χ2v) is 7.07. The molecule has 3 heteroatoms. The molecule has 1 aromatic carbocycles. The Morgan fingerprint density at radius 3 is 2.76 bits per heavy atom. The zero-order valence-electron chi connectivity index (χ0n) is 13.4. The first-order chi connectivity index (χ1) is 10.0. The van der Waals surface area contributed by atoms with Crippen molar-refractivity contribution < 1.29 is 9.47 Å². The molecule has 1 heterocycles. The number of hydrogen-bond donors (Lipinski definition) is 1. The second-order valence-electron chi connectivity index (χ2n) is 7.07. The van der Waals surface area contributed by atoms with Crippen molar-refractivity contribution in [1.29, 1.82) is 0 Å². The molecule has 116 valence electrons. The number of nitrogens with one attached hydrogen (secondary N) is 1. The van der Waals surface area contributed by atoms with E-state index in [1.54, 1.807) is 0 Å². The van der Waals surface area contributed by atoms with Gasteiger partial charge >= 0.3 is 0 Å². The van der Waals surface area contributed by atoms with Crippen LogP contribution in [0.1, 0.15) is 50.7 Å². The average Bonchev–Trinajstić information content (AvgIpc) is 3.19. The van der Waals surface area contributed by atoms with Crippen molar-refractivity contribution in [2.24, 2.45) is 0 Å². The molecule has 1 atom stereocenters. The highest BCUT2D eigenvalue weighted by molar-refractivity contribution is 5.40. The molecule has 0 spiro atoms. The standard InChI is InChI=1S/C18H27NO2/c1-13-5-4-6-14(11-19-15-7-8-15)17(13)20-12-16-9-10-18(2,3)21-16/h4-6,15-16,19H,7-12H2,1-3H3. The Labute approximate surface area is 128 Å². The summed E-state index contributed by atoms with van der Waals surface area (Å²) >= 11 is 0. The molecule has 1 aliphatic heterocycles. The van der Waals surface area contributed by atoms with Gasteiger partial charge in [-0.15, -0.1) is 0 Å². The van der Waals surface area contributed by atoms with Gasteiger partial charge in [0.25, 0.3) is 0 Å². The summed E-state index contributed by atoms with van der Waals surface area (Å²) in [5, 5.41) is 3.57. The molecule has 1 aromatic rings. The Morgan fingerprint density at radius 2 is 2.10 bits per heavy atom. The van der Waals surface area contributed by atoms with E-state index in [0.29, 0.717) is 6.61 Å². The van der Waals surface area contributed by atoms with E-state index in [0.717, 1.165) is 31.2 Å². The van der Waals surface area contributed by atoms with Crippen LogP contribution in [-0.2, 0) is 11.3 Å². The molecule has 2 aliphatic rings. The maximum atomic E-state index is 6.13. The first-order valence-electron chi connectivity index (χ1n) is 8.16. The van der Waals surface area contributed by atoms with Gasteiger partial charge in [-0.3, -0.25) is 0 Å². The Bertz CT molecular complexity index is 494. The zero-order valence-corrected chi connectivity index (χ0v) is 13.4. The van der Waals surface area contributed by atoms with Crippen molar-refractivity contribution in [3.8, 4) is 5.75 Å². The van der Waals surface area contributed by atoms with Gasteiger partial charge in [-0.2, -0.15) is 0 Å². The summed E-state index contributed by atoms with van der Waals surface area (Å²) in [4.78, 5) is 0. The van der Waals surface area contributed by atoms with Crippen LogP contribution in [0.25, 0.3) is 0 Å². The van der Waals surface area contributed by atoms with Crippen LogP contribution in [0.3, 0.4) is 0 Å². The maximum absolute atomic E-state index is 6.13. The van der Waals surface area contributed by atoms with Crippen molar-refractivity contribution >= 4 is 0 Å². The van der Waals surface area contributed by atoms with Gasteiger partial charge < -0.3 is 14.8 Å². The predicted octanol–water partition coefficient (Wildman–Crippen LogP) is 3.58. The molecule has 21 heavy (non-hydrogen) atoms. The first-order valence-corrected chi connectivity index (χ1v) is 8.16. The largest absolute Gasteiger partial charge is 0.490 e. The smallest absolute Gasteiger partial charge is 0.126 e. The number of rotatable bonds is 6. The quantitative estimate of drug-likeness (QED) is 0.868. The fourth-order valence-electron chi connectivity index (χ4n) is 2.97. The number of hydrogen-bond acceptors (Lipinski definition) is 3. The summed E-state index contributed by atoms with van der Waals surface area (Å²) < 4.78 is 12.2. The summed E-state index contributed by atoms with van der Waals surface area (Å²) in [7, 11) is 0. The van der Waals surface area contributed by atoms with Crippen LogP contribution in [0.15, 0.2) is 18.2 Å². The van der Waals surface area contributed by atoms with Crippen molar-refractivity contribution in [2.45, 2.75) is 70.7 Å². The molecule has 1 saturated carbocycles. The number of ether oxygens (including phenoxy) is 2. The molecule has 0 bridgehead atoms. The molecule has 2 fully saturated rings. The summed E-state index contributed by atoms with van der Waals surface area (Å²) in [5.74, 6) is 1.04. The monoisotopic (exact) mass is 289 g/mol. The normalized spacial score (nSPS) is 24.2. The van der Waals surface area contributed by atoms with Gasteiger partial charge in [-0.1, -0.05) is 18.2 Å². The molecule has 3 nitrogen and oxygen atoms in total. The van der Waals surface area contributed by atoms with E-state index in [1.165, 1.54) is 24.0 Å². The van der Waals surface area contributed by atoms with E-state index in [2.05, 4.69) is 44.3 Å². The van der Waals surface area contributed by atoms with E-state index in [1.807, 2.05) is 0 Å². The fraction of sp³-hybridized carbons (Fsp3) is 0.667. The van der Waals surface area contributed by atoms with Crippen LogP contribution in [0.2, 0.25) is 0 Å². The Hall–Kier alpha value is -1.06. The number of para-hydroxylation sites is 1. The third kappa shape index (κ3) is 3.98. The Kier molecular flexibility index (Phi) is 4.23. The lowest BCUT2D eigenvalue weighted by Gasteiger charge is -2.21. The molecule has 0 aromatic heterocycles. The average molecular weight is 289 g/mol. The lowest BCUT2D eigenvalue weighted by atomic mass is 10.1. The number of aryl methyl sites for hydroxylation is 1. The van der Waals surface area contributed by atoms with Crippen molar-refractivity contribution in [1.82, 2.24) is 5.32 Å². The van der Waals surface area contributed by atoms with E-state index in [4.69, 9.17) is 9.47 Å². The number of benzene rings is 1. The van der Waals surface area contributed by atoms with Gasteiger partial charge in [0.2, 0.25) is 0 Å². The SMILES string of the molecule is Cc1cccc(CNC2CC2)c1OCC1CCC(C)(C)O1. The minimum atomic E-state index is 0.0100. The van der Waals surface area contributed by atoms with Gasteiger partial charge in [-0.25, -0.2) is 0 Å². The fourth-order valence-corrected chi connectivity index (χ4v) is 2.97. The summed E-state index contributed by atoms with van der Waals surface area (Å²) in [6, 6.07) is 7.12. The van der Waals surface area contributed by atoms with Crippen LogP contribution < -0.4 is 10.1 Å². The van der Waals surface area contributed by atoms with Crippen LogP contribution in [0.5, 0.6) is 5.75 Å². The van der Waals surface area contributed by atoms with Crippen LogP contribution in [0.4, 0.5) is 0 Å². The van der Waals surface area contributed by atoms with Gasteiger partial charge in [-0.05, 0) is 52.0 Å². The van der Waals surface area contributed by atoms with Crippen molar-refractivity contribution in [3.05, 3.63) is 29.3 Å². The highest BCUT2D eigenvalue weighted by Crippen LogP contribution is 2.31. The molecule has 1 saturated heterocycles. The van der Waals surface area contributed by atoms with Gasteiger partial charge in [0.1, 0.15) is 12.4 Å². The Morgan fingerprint density at radius 1 is 1.29 bits per heavy atom. The van der Waals surface area contributed by atoms with Crippen LogP contribution in [0, 0.1) is 6.92 Å². The topological polar surface area (TPSA) is 30.5 Å². The maximum Gasteiger partial charge on any atom is 0.126 e. The lowest BCUT2D eigenvalue weighted by molar-refractivity contribution is -0.0328. The third-order valence-corrected chi connectivity index (χ3v) is 4.42. The highest BCUT2D eigenvalue weighted by Gasteiger charge is 2.32. The Balaban J connectivity index is 1.60. The second kappa shape index (κ2) is 5.98. The van der Waals surface area contributed by atoms with Gasteiger partial charge in [0.15, 0.2) is 0 Å².